The van der Waals surface area contributed by atoms with Crippen LogP contribution in [0.3, 0.4) is 0 Å². The fourth-order valence-electron chi connectivity index (χ4n) is 2.51. The van der Waals surface area contributed by atoms with E-state index >= 15 is 0 Å². The lowest BCUT2D eigenvalue weighted by Gasteiger charge is -2.19. The number of carbonyl (C=O) groups excluding carboxylic acids is 3. The van der Waals surface area contributed by atoms with E-state index in [0.29, 0.717) is 23.8 Å². The van der Waals surface area contributed by atoms with Crippen molar-refractivity contribution < 1.29 is 14.4 Å². The first-order valence-electron chi connectivity index (χ1n) is 8.57. The van der Waals surface area contributed by atoms with Gasteiger partial charge < -0.3 is 15.5 Å². The lowest BCUT2D eigenvalue weighted by molar-refractivity contribution is -0.136. The second-order valence-corrected chi connectivity index (χ2v) is 6.44. The summed E-state index contributed by atoms with van der Waals surface area (Å²) in [6.07, 6.45) is 0. The smallest absolute Gasteiger partial charge is 0.313 e. The third-order valence-corrected chi connectivity index (χ3v) is 4.17. The van der Waals surface area contributed by atoms with E-state index in [4.69, 9.17) is 11.6 Å². The van der Waals surface area contributed by atoms with Gasteiger partial charge in [-0.15, -0.1) is 0 Å². The molecular weight excluding hydrogens is 366 g/mol. The number of hydrogen-bond donors (Lipinski definition) is 2. The maximum atomic E-state index is 12.1. The molecule has 0 unspecified atom stereocenters. The van der Waals surface area contributed by atoms with Gasteiger partial charge in [-0.05, 0) is 42.3 Å². The van der Waals surface area contributed by atoms with Crippen LogP contribution in [-0.2, 0) is 27.5 Å². The van der Waals surface area contributed by atoms with Crippen LogP contribution in [0, 0.1) is 0 Å². The third-order valence-electron chi connectivity index (χ3n) is 3.93. The first-order chi connectivity index (χ1) is 12.9. The van der Waals surface area contributed by atoms with Gasteiger partial charge in [0.15, 0.2) is 0 Å². The van der Waals surface area contributed by atoms with Crippen molar-refractivity contribution in [3.8, 4) is 0 Å². The summed E-state index contributed by atoms with van der Waals surface area (Å²) in [5.41, 5.74) is 2.16. The van der Waals surface area contributed by atoms with Crippen molar-refractivity contribution >= 4 is 35.0 Å². The zero-order valence-electron chi connectivity index (χ0n) is 15.3. The highest BCUT2D eigenvalue weighted by molar-refractivity contribution is 6.39. The van der Waals surface area contributed by atoms with E-state index in [1.165, 1.54) is 6.92 Å². The molecule has 142 valence electrons. The second-order valence-electron chi connectivity index (χ2n) is 6.00. The van der Waals surface area contributed by atoms with Crippen LogP contribution in [0.4, 0.5) is 5.69 Å². The van der Waals surface area contributed by atoms with Gasteiger partial charge in [0.05, 0.1) is 0 Å². The molecule has 0 aromatic heterocycles. The molecule has 0 radical (unpaired) electrons. The Morgan fingerprint density at radius 1 is 1.00 bits per heavy atom. The zero-order chi connectivity index (χ0) is 19.8. The molecule has 2 N–H and O–H groups in total. The van der Waals surface area contributed by atoms with E-state index in [9.17, 15) is 14.4 Å². The Kier molecular flexibility index (Phi) is 7.37. The van der Waals surface area contributed by atoms with Crippen LogP contribution < -0.4 is 10.6 Å². The number of nitrogens with one attached hydrogen (secondary N) is 2. The van der Waals surface area contributed by atoms with Gasteiger partial charge in [-0.3, -0.25) is 14.4 Å². The Bertz CT molecular complexity index is 839. The fourth-order valence-corrected chi connectivity index (χ4v) is 2.72. The van der Waals surface area contributed by atoms with E-state index in [1.54, 1.807) is 41.3 Å². The van der Waals surface area contributed by atoms with Gasteiger partial charge in [-0.2, -0.15) is 0 Å². The van der Waals surface area contributed by atoms with E-state index < -0.39 is 11.8 Å². The SMILES string of the molecule is CCN(Cc1cccc(NC(=O)C(=O)NCc2cccc(Cl)c2)c1)C(C)=O. The minimum atomic E-state index is -0.756. The quantitative estimate of drug-likeness (QED) is 0.748. The molecule has 3 amide bonds. The molecule has 27 heavy (non-hydrogen) atoms. The lowest BCUT2D eigenvalue weighted by Crippen LogP contribution is -2.35. The van der Waals surface area contributed by atoms with Gasteiger partial charge in [-0.1, -0.05) is 35.9 Å². The highest BCUT2D eigenvalue weighted by atomic mass is 35.5. The molecule has 0 saturated carbocycles. The predicted molar refractivity (Wildman–Crippen MR) is 105 cm³/mol. The predicted octanol–water partition coefficient (Wildman–Crippen LogP) is 2.96. The number of nitrogens with zero attached hydrogens (tertiary/aromatic N) is 1. The molecule has 2 rings (SSSR count). The first kappa shape index (κ1) is 20.5. The van der Waals surface area contributed by atoms with Crippen molar-refractivity contribution in [2.45, 2.75) is 26.9 Å². The van der Waals surface area contributed by atoms with Crippen molar-refractivity contribution in [3.63, 3.8) is 0 Å². The largest absolute Gasteiger partial charge is 0.344 e. The van der Waals surface area contributed by atoms with Crippen molar-refractivity contribution in [2.75, 3.05) is 11.9 Å². The first-order valence-corrected chi connectivity index (χ1v) is 8.95. The number of hydrogen-bond acceptors (Lipinski definition) is 3. The summed E-state index contributed by atoms with van der Waals surface area (Å²) in [4.78, 5) is 37.3. The van der Waals surface area contributed by atoms with Crippen molar-refractivity contribution in [1.82, 2.24) is 10.2 Å². The van der Waals surface area contributed by atoms with E-state index in [-0.39, 0.29) is 12.5 Å². The second kappa shape index (κ2) is 9.73. The lowest BCUT2D eigenvalue weighted by atomic mass is 10.2. The monoisotopic (exact) mass is 387 g/mol. The molecule has 0 saturated heterocycles. The van der Waals surface area contributed by atoms with Crippen LogP contribution in [0.25, 0.3) is 0 Å². The van der Waals surface area contributed by atoms with Crippen LogP contribution in [0.5, 0.6) is 0 Å². The third kappa shape index (κ3) is 6.42. The minimum Gasteiger partial charge on any atom is -0.344 e. The number of rotatable bonds is 6. The van der Waals surface area contributed by atoms with E-state index in [1.807, 2.05) is 19.1 Å². The molecule has 0 aliphatic heterocycles. The van der Waals surface area contributed by atoms with E-state index in [2.05, 4.69) is 10.6 Å². The maximum absolute atomic E-state index is 12.1. The molecule has 0 atom stereocenters. The molecule has 0 spiro atoms. The topological polar surface area (TPSA) is 78.5 Å². The summed E-state index contributed by atoms with van der Waals surface area (Å²) in [6, 6.07) is 14.1. The summed E-state index contributed by atoms with van der Waals surface area (Å²) < 4.78 is 0. The molecule has 0 bridgehead atoms. The Morgan fingerprint density at radius 3 is 2.37 bits per heavy atom. The van der Waals surface area contributed by atoms with Crippen molar-refractivity contribution in [2.24, 2.45) is 0 Å². The zero-order valence-corrected chi connectivity index (χ0v) is 16.0. The number of carbonyl (C=O) groups is 3. The molecule has 2 aromatic carbocycles. The average molecular weight is 388 g/mol. The van der Waals surface area contributed by atoms with E-state index in [0.717, 1.165) is 11.1 Å². The van der Waals surface area contributed by atoms with Gasteiger partial charge >= 0.3 is 11.8 Å². The number of amides is 3. The Balaban J connectivity index is 1.93. The van der Waals surface area contributed by atoms with Crippen LogP contribution in [0.15, 0.2) is 48.5 Å². The van der Waals surface area contributed by atoms with Gasteiger partial charge in [0, 0.05) is 37.3 Å². The van der Waals surface area contributed by atoms with Crippen LogP contribution in [0.2, 0.25) is 5.02 Å². The molecule has 0 aliphatic rings. The number of benzene rings is 2. The molecule has 6 nitrogen and oxygen atoms in total. The summed E-state index contributed by atoms with van der Waals surface area (Å²) in [5, 5.41) is 5.69. The van der Waals surface area contributed by atoms with Gasteiger partial charge in [0.2, 0.25) is 5.91 Å². The highest BCUT2D eigenvalue weighted by Gasteiger charge is 2.14. The Labute approximate surface area is 163 Å². The molecule has 7 heteroatoms. The van der Waals surface area contributed by atoms with Crippen LogP contribution in [-0.4, -0.2) is 29.2 Å². The normalized spacial score (nSPS) is 10.2. The summed E-state index contributed by atoms with van der Waals surface area (Å²) in [6.45, 7) is 4.65. The standard InChI is InChI=1S/C20H22ClN3O3/c1-3-24(14(2)25)13-16-7-5-9-18(11-16)23-20(27)19(26)22-12-15-6-4-8-17(21)10-15/h4-11H,3,12-13H2,1-2H3,(H,22,26)(H,23,27). The van der Waals surface area contributed by atoms with Gasteiger partial charge in [0.1, 0.15) is 0 Å². The number of anilines is 1. The minimum absolute atomic E-state index is 0.0210. The molecule has 0 heterocycles. The Morgan fingerprint density at radius 2 is 1.70 bits per heavy atom. The Hall–Kier alpha value is -2.86. The average Bonchev–Trinajstić information content (AvgIpc) is 2.64. The highest BCUT2D eigenvalue weighted by Crippen LogP contribution is 2.13. The van der Waals surface area contributed by atoms with Crippen molar-refractivity contribution in [1.29, 1.82) is 0 Å². The molecule has 0 aliphatic carbocycles. The molecule has 0 fully saturated rings. The summed E-state index contributed by atoms with van der Waals surface area (Å²) in [5.74, 6) is -1.51. The van der Waals surface area contributed by atoms with Gasteiger partial charge in [-0.25, -0.2) is 0 Å². The summed E-state index contributed by atoms with van der Waals surface area (Å²) >= 11 is 5.89. The maximum Gasteiger partial charge on any atom is 0.313 e. The fraction of sp³-hybridized carbons (Fsp3) is 0.250. The van der Waals surface area contributed by atoms with Crippen LogP contribution in [0.1, 0.15) is 25.0 Å². The summed E-state index contributed by atoms with van der Waals surface area (Å²) in [7, 11) is 0. The molecule has 2 aromatic rings. The van der Waals surface area contributed by atoms with Gasteiger partial charge in [0.25, 0.3) is 0 Å². The van der Waals surface area contributed by atoms with Crippen LogP contribution >= 0.6 is 11.6 Å². The van der Waals surface area contributed by atoms with Crippen molar-refractivity contribution in [3.05, 3.63) is 64.7 Å². The molecular formula is C20H22ClN3O3. The number of halogens is 1.